The van der Waals surface area contributed by atoms with E-state index in [0.29, 0.717) is 5.56 Å². The standard InChI is InChI=1S/C16H11N3/c17-12-15-14-7-3-2-6-13(14)8-9-16(15)19-11-5-1-4-10-18-19/h1-11H. The van der Waals surface area contributed by atoms with E-state index in [1.165, 1.54) is 0 Å². The maximum Gasteiger partial charge on any atom is 0.102 e. The number of fused-ring (bicyclic) bond motifs is 1. The zero-order chi connectivity index (χ0) is 13.1. The third-order valence-corrected chi connectivity index (χ3v) is 2.99. The summed E-state index contributed by atoms with van der Waals surface area (Å²) in [6.07, 6.45) is 9.19. The molecular formula is C16H11N3. The molecule has 3 heteroatoms. The third-order valence-electron chi connectivity index (χ3n) is 2.99. The summed E-state index contributed by atoms with van der Waals surface area (Å²) < 4.78 is 0. The highest BCUT2D eigenvalue weighted by molar-refractivity contribution is 5.93. The maximum atomic E-state index is 9.45. The van der Waals surface area contributed by atoms with Crippen molar-refractivity contribution in [3.63, 3.8) is 0 Å². The molecule has 0 radical (unpaired) electrons. The van der Waals surface area contributed by atoms with E-state index in [9.17, 15) is 5.26 Å². The van der Waals surface area contributed by atoms with Crippen molar-refractivity contribution in [2.75, 3.05) is 5.01 Å². The first kappa shape index (κ1) is 11.2. The van der Waals surface area contributed by atoms with E-state index in [4.69, 9.17) is 0 Å². The number of benzene rings is 2. The monoisotopic (exact) mass is 245 g/mol. The molecule has 0 bridgehead atoms. The molecule has 1 aliphatic heterocycles. The molecule has 3 nitrogen and oxygen atoms in total. The molecule has 90 valence electrons. The minimum atomic E-state index is 0.641. The lowest BCUT2D eigenvalue weighted by Crippen LogP contribution is -2.08. The molecule has 1 heterocycles. The lowest BCUT2D eigenvalue weighted by Gasteiger charge is -2.16. The van der Waals surface area contributed by atoms with Crippen LogP contribution in [0.15, 0.2) is 65.9 Å². The molecule has 0 unspecified atom stereocenters. The van der Waals surface area contributed by atoms with Crippen molar-refractivity contribution < 1.29 is 0 Å². The van der Waals surface area contributed by atoms with Crippen molar-refractivity contribution in [2.24, 2.45) is 5.10 Å². The second kappa shape index (κ2) is 4.79. The summed E-state index contributed by atoms with van der Waals surface area (Å²) in [5, 5.41) is 17.5. The van der Waals surface area contributed by atoms with E-state index in [1.54, 1.807) is 11.2 Å². The molecule has 0 saturated carbocycles. The highest BCUT2D eigenvalue weighted by atomic mass is 15.4. The van der Waals surface area contributed by atoms with Crippen LogP contribution in [0.1, 0.15) is 5.56 Å². The Morgan fingerprint density at radius 1 is 1.00 bits per heavy atom. The Bertz CT molecular complexity index is 732. The van der Waals surface area contributed by atoms with Crippen molar-refractivity contribution in [1.82, 2.24) is 0 Å². The Hall–Kier alpha value is -2.86. The number of hydrazone groups is 1. The SMILES string of the molecule is N#Cc1c(N2C=CC=CC=N2)ccc2ccccc12. The number of rotatable bonds is 1. The molecule has 2 aromatic rings. The van der Waals surface area contributed by atoms with Gasteiger partial charge in [-0.25, -0.2) is 5.01 Å². The van der Waals surface area contributed by atoms with Crippen LogP contribution in [-0.2, 0) is 0 Å². The van der Waals surface area contributed by atoms with Crippen LogP contribution in [0, 0.1) is 11.3 Å². The molecular weight excluding hydrogens is 234 g/mol. The zero-order valence-corrected chi connectivity index (χ0v) is 10.2. The number of hydrogen-bond acceptors (Lipinski definition) is 3. The first-order valence-corrected chi connectivity index (χ1v) is 5.98. The summed E-state index contributed by atoms with van der Waals surface area (Å²) in [5.41, 5.74) is 1.43. The van der Waals surface area contributed by atoms with E-state index in [1.807, 2.05) is 60.8 Å². The summed E-state index contributed by atoms with van der Waals surface area (Å²) in [7, 11) is 0. The topological polar surface area (TPSA) is 39.4 Å². The number of hydrogen-bond donors (Lipinski definition) is 0. The number of anilines is 1. The lowest BCUT2D eigenvalue weighted by molar-refractivity contribution is 1.09. The van der Waals surface area contributed by atoms with Gasteiger partial charge in [-0.1, -0.05) is 36.4 Å². The molecule has 0 atom stereocenters. The lowest BCUT2D eigenvalue weighted by atomic mass is 10.0. The molecule has 0 spiro atoms. The number of nitrogens with zero attached hydrogens (tertiary/aromatic N) is 3. The van der Waals surface area contributed by atoms with Gasteiger partial charge in [0.05, 0.1) is 11.3 Å². The van der Waals surface area contributed by atoms with Gasteiger partial charge in [-0.2, -0.15) is 10.4 Å². The fourth-order valence-electron chi connectivity index (χ4n) is 2.10. The van der Waals surface area contributed by atoms with Gasteiger partial charge in [0.25, 0.3) is 0 Å². The Morgan fingerprint density at radius 3 is 2.79 bits per heavy atom. The van der Waals surface area contributed by atoms with Crippen LogP contribution < -0.4 is 5.01 Å². The molecule has 3 rings (SSSR count). The third kappa shape index (κ3) is 2.00. The quantitative estimate of drug-likeness (QED) is 0.770. The summed E-state index contributed by atoms with van der Waals surface area (Å²) in [6.45, 7) is 0. The van der Waals surface area contributed by atoms with Gasteiger partial charge < -0.3 is 0 Å². The fourth-order valence-corrected chi connectivity index (χ4v) is 2.10. The average Bonchev–Trinajstić information content (AvgIpc) is 2.75. The molecule has 0 saturated heterocycles. The molecule has 19 heavy (non-hydrogen) atoms. The highest BCUT2D eigenvalue weighted by Crippen LogP contribution is 2.29. The minimum absolute atomic E-state index is 0.641. The Balaban J connectivity index is 2.22. The second-order valence-electron chi connectivity index (χ2n) is 4.13. The first-order valence-electron chi connectivity index (χ1n) is 5.98. The summed E-state index contributed by atoms with van der Waals surface area (Å²) >= 11 is 0. The van der Waals surface area contributed by atoms with E-state index in [-0.39, 0.29) is 0 Å². The first-order chi connectivity index (χ1) is 9.40. The van der Waals surface area contributed by atoms with Gasteiger partial charge in [-0.15, -0.1) is 0 Å². The normalized spacial score (nSPS) is 13.5. The molecule has 0 amide bonds. The van der Waals surface area contributed by atoms with Crippen molar-refractivity contribution in [3.05, 3.63) is 66.4 Å². The molecule has 0 fully saturated rings. The maximum absolute atomic E-state index is 9.45. The molecule has 0 N–H and O–H groups in total. The fraction of sp³-hybridized carbons (Fsp3) is 0. The summed E-state index contributed by atoms with van der Waals surface area (Å²) in [6, 6.07) is 14.1. The summed E-state index contributed by atoms with van der Waals surface area (Å²) in [4.78, 5) is 0. The average molecular weight is 245 g/mol. The van der Waals surface area contributed by atoms with Gasteiger partial charge in [0.2, 0.25) is 0 Å². The van der Waals surface area contributed by atoms with Crippen LogP contribution in [0.4, 0.5) is 5.69 Å². The second-order valence-corrected chi connectivity index (χ2v) is 4.13. The molecule has 1 aliphatic rings. The van der Waals surface area contributed by atoms with Crippen LogP contribution in [0.5, 0.6) is 0 Å². The van der Waals surface area contributed by atoms with Crippen LogP contribution >= 0.6 is 0 Å². The molecule has 0 aliphatic carbocycles. The van der Waals surface area contributed by atoms with Crippen molar-refractivity contribution >= 4 is 22.7 Å². The predicted octanol–water partition coefficient (Wildman–Crippen LogP) is 3.59. The van der Waals surface area contributed by atoms with Gasteiger partial charge in [0, 0.05) is 17.8 Å². The molecule has 0 aromatic heterocycles. The van der Waals surface area contributed by atoms with Crippen molar-refractivity contribution in [1.29, 1.82) is 5.26 Å². The Kier molecular flexibility index (Phi) is 2.83. The summed E-state index contributed by atoms with van der Waals surface area (Å²) in [5.74, 6) is 0. The Morgan fingerprint density at radius 2 is 1.89 bits per heavy atom. The zero-order valence-electron chi connectivity index (χ0n) is 10.2. The van der Waals surface area contributed by atoms with E-state index in [0.717, 1.165) is 16.5 Å². The van der Waals surface area contributed by atoms with Gasteiger partial charge >= 0.3 is 0 Å². The predicted molar refractivity (Wildman–Crippen MR) is 77.9 cm³/mol. The van der Waals surface area contributed by atoms with Crippen LogP contribution in [0.2, 0.25) is 0 Å². The van der Waals surface area contributed by atoms with Crippen molar-refractivity contribution in [3.8, 4) is 6.07 Å². The van der Waals surface area contributed by atoms with Gasteiger partial charge in [-0.3, -0.25) is 0 Å². The smallest absolute Gasteiger partial charge is 0.102 e. The van der Waals surface area contributed by atoms with E-state index in [2.05, 4.69) is 11.2 Å². The largest absolute Gasteiger partial charge is 0.240 e. The highest BCUT2D eigenvalue weighted by Gasteiger charge is 2.11. The van der Waals surface area contributed by atoms with Crippen LogP contribution in [0.25, 0.3) is 10.8 Å². The minimum Gasteiger partial charge on any atom is -0.240 e. The Labute approximate surface area is 111 Å². The van der Waals surface area contributed by atoms with Crippen LogP contribution in [0.3, 0.4) is 0 Å². The van der Waals surface area contributed by atoms with E-state index >= 15 is 0 Å². The van der Waals surface area contributed by atoms with Gasteiger partial charge in [0.15, 0.2) is 0 Å². The number of nitriles is 1. The number of allylic oxidation sites excluding steroid dienone is 3. The van der Waals surface area contributed by atoms with Gasteiger partial charge in [0.1, 0.15) is 6.07 Å². The van der Waals surface area contributed by atoms with Crippen molar-refractivity contribution in [2.45, 2.75) is 0 Å². The van der Waals surface area contributed by atoms with E-state index < -0.39 is 0 Å². The van der Waals surface area contributed by atoms with Gasteiger partial charge in [-0.05, 0) is 23.6 Å². The van der Waals surface area contributed by atoms with Crippen LogP contribution in [-0.4, -0.2) is 6.21 Å². The molecule has 2 aromatic carbocycles.